The van der Waals surface area contributed by atoms with Crippen molar-refractivity contribution >= 4 is 18.5 Å². The van der Waals surface area contributed by atoms with E-state index < -0.39 is 0 Å². The van der Waals surface area contributed by atoms with E-state index in [9.17, 15) is 0 Å². The van der Waals surface area contributed by atoms with Crippen molar-refractivity contribution < 1.29 is 0 Å². The predicted octanol–water partition coefficient (Wildman–Crippen LogP) is 4.82. The predicted molar refractivity (Wildman–Crippen MR) is 87.7 cm³/mol. The second-order valence-electron chi connectivity index (χ2n) is 4.57. The van der Waals surface area contributed by atoms with Gasteiger partial charge >= 0.3 is 0 Å². The van der Waals surface area contributed by atoms with E-state index >= 15 is 0 Å². The Morgan fingerprint density at radius 2 is 1.37 bits per heavy atom. The van der Waals surface area contributed by atoms with Crippen LogP contribution in [-0.2, 0) is 0 Å². The first-order valence-electron chi connectivity index (χ1n) is 6.98. The molecule has 2 aromatic rings. The maximum absolute atomic E-state index is 2.41. The van der Waals surface area contributed by atoms with Crippen LogP contribution in [0.1, 0.15) is 26.2 Å². The van der Waals surface area contributed by atoms with Crippen LogP contribution in [0, 0.1) is 0 Å². The van der Waals surface area contributed by atoms with Gasteiger partial charge in [0, 0.05) is 0 Å². The Morgan fingerprint density at radius 1 is 0.842 bits per heavy atom. The van der Waals surface area contributed by atoms with Gasteiger partial charge in [-0.25, -0.2) is 0 Å². The van der Waals surface area contributed by atoms with Gasteiger partial charge in [-0.2, -0.15) is 0 Å². The lowest BCUT2D eigenvalue weighted by Crippen LogP contribution is -2.09. The summed E-state index contributed by atoms with van der Waals surface area (Å²) >= 11 is 0. The Balaban J connectivity index is 2.22. The van der Waals surface area contributed by atoms with Crippen molar-refractivity contribution in [3.05, 3.63) is 72.6 Å². The average Bonchev–Trinajstić information content (AvgIpc) is 2.49. The van der Waals surface area contributed by atoms with E-state index in [-0.39, 0.29) is 7.92 Å². The van der Waals surface area contributed by atoms with Gasteiger partial charge in [0.1, 0.15) is 0 Å². The zero-order valence-corrected chi connectivity index (χ0v) is 12.4. The van der Waals surface area contributed by atoms with Crippen molar-refractivity contribution in [3.63, 3.8) is 0 Å². The lowest BCUT2D eigenvalue weighted by Gasteiger charge is -2.14. The van der Waals surface area contributed by atoms with Gasteiger partial charge < -0.3 is 0 Å². The van der Waals surface area contributed by atoms with E-state index in [0.29, 0.717) is 0 Å². The zero-order chi connectivity index (χ0) is 13.3. The maximum Gasteiger partial charge on any atom is -0.0157 e. The van der Waals surface area contributed by atoms with Gasteiger partial charge in [-0.1, -0.05) is 92.3 Å². The van der Waals surface area contributed by atoms with Crippen LogP contribution in [-0.4, -0.2) is 0 Å². The fraction of sp³-hybridized carbons (Fsp3) is 0.222. The van der Waals surface area contributed by atoms with Gasteiger partial charge in [0.25, 0.3) is 0 Å². The standard InChI is InChI=1S/C18H21P/c1-2-3-4-11-16-19(17-12-7-5-8-13-17)18-14-9-6-10-15-18/h5-16H,2-4H2,1H3. The molecule has 0 N–H and O–H groups in total. The quantitative estimate of drug-likeness (QED) is 0.520. The first-order chi connectivity index (χ1) is 9.42. The molecule has 2 aromatic carbocycles. The summed E-state index contributed by atoms with van der Waals surface area (Å²) in [6, 6.07) is 21.7. The lowest BCUT2D eigenvalue weighted by molar-refractivity contribution is 0.815. The summed E-state index contributed by atoms with van der Waals surface area (Å²) in [4.78, 5) is 0. The fourth-order valence-electron chi connectivity index (χ4n) is 2.00. The van der Waals surface area contributed by atoms with Crippen LogP contribution in [0.3, 0.4) is 0 Å². The second-order valence-corrected chi connectivity index (χ2v) is 6.64. The molecule has 0 heterocycles. The summed E-state index contributed by atoms with van der Waals surface area (Å²) in [7, 11) is -0.348. The van der Waals surface area contributed by atoms with Crippen LogP contribution in [0.15, 0.2) is 72.6 Å². The molecule has 0 aliphatic rings. The molecular weight excluding hydrogens is 247 g/mol. The van der Waals surface area contributed by atoms with Crippen molar-refractivity contribution in [2.45, 2.75) is 26.2 Å². The molecule has 2 rings (SSSR count). The molecule has 0 atom stereocenters. The first-order valence-corrected chi connectivity index (χ1v) is 8.39. The molecular formula is C18H21P. The summed E-state index contributed by atoms with van der Waals surface area (Å²) in [5.41, 5.74) is 0. The molecule has 0 spiro atoms. The van der Waals surface area contributed by atoms with Gasteiger partial charge in [-0.15, -0.1) is 0 Å². The van der Waals surface area contributed by atoms with E-state index in [1.54, 1.807) is 0 Å². The third kappa shape index (κ3) is 4.33. The zero-order valence-electron chi connectivity index (χ0n) is 11.5. The van der Waals surface area contributed by atoms with E-state index in [0.717, 1.165) is 0 Å². The minimum Gasteiger partial charge on any atom is -0.0834 e. The molecule has 0 aromatic heterocycles. The highest BCUT2D eigenvalue weighted by Crippen LogP contribution is 2.35. The highest BCUT2D eigenvalue weighted by atomic mass is 31.1. The summed E-state index contributed by atoms with van der Waals surface area (Å²) in [6.45, 7) is 2.24. The van der Waals surface area contributed by atoms with Crippen LogP contribution in [0.2, 0.25) is 0 Å². The van der Waals surface area contributed by atoms with Crippen LogP contribution >= 0.6 is 7.92 Å². The van der Waals surface area contributed by atoms with E-state index in [4.69, 9.17) is 0 Å². The van der Waals surface area contributed by atoms with Crippen LogP contribution < -0.4 is 10.6 Å². The largest absolute Gasteiger partial charge is 0.0834 e. The smallest absolute Gasteiger partial charge is 0.0157 e. The fourth-order valence-corrected chi connectivity index (χ4v) is 3.99. The van der Waals surface area contributed by atoms with E-state index in [1.165, 1.54) is 29.9 Å². The normalized spacial score (nSPS) is 11.3. The van der Waals surface area contributed by atoms with Crippen LogP contribution in [0.5, 0.6) is 0 Å². The number of unbranched alkanes of at least 4 members (excludes halogenated alkanes) is 2. The summed E-state index contributed by atoms with van der Waals surface area (Å²) in [5, 5.41) is 2.85. The molecule has 0 amide bonds. The van der Waals surface area contributed by atoms with Crippen molar-refractivity contribution in [2.24, 2.45) is 0 Å². The third-order valence-corrected chi connectivity index (χ3v) is 5.27. The molecule has 0 unspecified atom stereocenters. The van der Waals surface area contributed by atoms with Gasteiger partial charge in [0.15, 0.2) is 0 Å². The molecule has 19 heavy (non-hydrogen) atoms. The average molecular weight is 268 g/mol. The minimum atomic E-state index is -0.348. The van der Waals surface area contributed by atoms with Gasteiger partial charge in [0.2, 0.25) is 0 Å². The van der Waals surface area contributed by atoms with E-state index in [1.807, 2.05) is 0 Å². The van der Waals surface area contributed by atoms with Crippen molar-refractivity contribution in [2.75, 3.05) is 0 Å². The maximum atomic E-state index is 2.41. The molecule has 0 saturated heterocycles. The molecule has 0 radical (unpaired) electrons. The van der Waals surface area contributed by atoms with Crippen molar-refractivity contribution in [1.82, 2.24) is 0 Å². The third-order valence-electron chi connectivity index (χ3n) is 3.05. The summed E-state index contributed by atoms with van der Waals surface area (Å²) < 4.78 is 0. The minimum absolute atomic E-state index is 0.348. The number of rotatable bonds is 6. The summed E-state index contributed by atoms with van der Waals surface area (Å²) in [5.74, 6) is 2.41. The molecule has 98 valence electrons. The summed E-state index contributed by atoms with van der Waals surface area (Å²) in [6.07, 6.45) is 6.09. The molecule has 0 fully saturated rings. The highest BCUT2D eigenvalue weighted by molar-refractivity contribution is 7.75. The molecule has 0 aliphatic heterocycles. The van der Waals surface area contributed by atoms with Crippen LogP contribution in [0.25, 0.3) is 0 Å². The molecule has 0 bridgehead atoms. The number of hydrogen-bond donors (Lipinski definition) is 0. The van der Waals surface area contributed by atoms with Crippen molar-refractivity contribution in [1.29, 1.82) is 0 Å². The Morgan fingerprint density at radius 3 is 1.84 bits per heavy atom. The number of hydrogen-bond acceptors (Lipinski definition) is 0. The molecule has 0 saturated carbocycles. The highest BCUT2D eigenvalue weighted by Gasteiger charge is 2.08. The molecule has 0 aliphatic carbocycles. The Hall–Kier alpha value is -1.39. The van der Waals surface area contributed by atoms with Gasteiger partial charge in [-0.3, -0.25) is 0 Å². The molecule has 1 heteroatoms. The topological polar surface area (TPSA) is 0 Å². The Bertz CT molecular complexity index is 448. The second kappa shape index (κ2) is 7.92. The first kappa shape index (κ1) is 14.0. The van der Waals surface area contributed by atoms with E-state index in [2.05, 4.69) is 79.5 Å². The monoisotopic (exact) mass is 268 g/mol. The van der Waals surface area contributed by atoms with Gasteiger partial charge in [-0.05, 0) is 25.0 Å². The van der Waals surface area contributed by atoms with Crippen molar-refractivity contribution in [3.8, 4) is 0 Å². The van der Waals surface area contributed by atoms with Gasteiger partial charge in [0.05, 0.1) is 0 Å². The lowest BCUT2D eigenvalue weighted by atomic mass is 10.2. The number of benzene rings is 2. The molecule has 0 nitrogen and oxygen atoms in total. The number of allylic oxidation sites excluding steroid dienone is 1. The SMILES string of the molecule is CCCCC=CP(c1ccccc1)c1ccccc1. The van der Waals surface area contributed by atoms with Crippen LogP contribution in [0.4, 0.5) is 0 Å². The Kier molecular flexibility index (Phi) is 5.85. The Labute approximate surface area is 117 Å².